The van der Waals surface area contributed by atoms with Crippen molar-refractivity contribution in [2.75, 3.05) is 13.1 Å². The smallest absolute Gasteiger partial charge is 0.289 e. The van der Waals surface area contributed by atoms with Gasteiger partial charge in [0.15, 0.2) is 11.2 Å². The van der Waals surface area contributed by atoms with Crippen LogP contribution in [0.25, 0.3) is 21.2 Å². The van der Waals surface area contributed by atoms with Crippen molar-refractivity contribution in [1.29, 1.82) is 0 Å². The van der Waals surface area contributed by atoms with Crippen LogP contribution in [-0.4, -0.2) is 28.9 Å². The van der Waals surface area contributed by atoms with Gasteiger partial charge in [0, 0.05) is 25.1 Å². The van der Waals surface area contributed by atoms with Gasteiger partial charge in [-0.15, -0.1) is 11.3 Å². The van der Waals surface area contributed by atoms with Crippen molar-refractivity contribution < 1.29 is 9.21 Å². The summed E-state index contributed by atoms with van der Waals surface area (Å²) in [6, 6.07) is 14.9. The Hall–Kier alpha value is -2.99. The molecule has 2 aromatic carbocycles. The number of aryl methyl sites for hydroxylation is 1. The summed E-state index contributed by atoms with van der Waals surface area (Å²) >= 11 is 1.70. The van der Waals surface area contributed by atoms with E-state index in [9.17, 15) is 9.59 Å². The molecule has 0 radical (unpaired) electrons. The van der Waals surface area contributed by atoms with Gasteiger partial charge in [-0.3, -0.25) is 9.59 Å². The number of benzene rings is 2. The third-order valence-corrected chi connectivity index (χ3v) is 6.66. The van der Waals surface area contributed by atoms with Crippen molar-refractivity contribution in [3.8, 4) is 0 Å². The van der Waals surface area contributed by atoms with Gasteiger partial charge in [-0.25, -0.2) is 4.98 Å². The van der Waals surface area contributed by atoms with Gasteiger partial charge in [-0.1, -0.05) is 23.8 Å². The van der Waals surface area contributed by atoms with E-state index in [0.29, 0.717) is 24.1 Å². The molecule has 1 aliphatic heterocycles. The molecule has 0 bridgehead atoms. The Morgan fingerprint density at radius 2 is 2.07 bits per heavy atom. The molecular weight excluding hydrogens is 384 g/mol. The predicted octanol–water partition coefficient (Wildman–Crippen LogP) is 4.73. The standard InChI is InChI=1S/C23H20N2O3S/c1-14-8-9-19-16(11-14)18(26)12-20(28-19)23(27)25-10-4-5-15(13-25)22-24-17-6-2-3-7-21(17)29-22/h2-3,6-9,11-12,15H,4-5,10,13H2,1H3/t15-/m1/s1. The number of amides is 1. The predicted molar refractivity (Wildman–Crippen MR) is 115 cm³/mol. The number of hydrogen-bond acceptors (Lipinski definition) is 5. The van der Waals surface area contributed by atoms with Crippen LogP contribution in [0.15, 0.2) is 57.7 Å². The van der Waals surface area contributed by atoms with Crippen LogP contribution in [-0.2, 0) is 0 Å². The molecular formula is C23H20N2O3S. The maximum absolute atomic E-state index is 13.1. The Balaban J connectivity index is 1.43. The van der Waals surface area contributed by atoms with Crippen LogP contribution in [0.5, 0.6) is 0 Å². The molecule has 0 saturated carbocycles. The first kappa shape index (κ1) is 18.1. The number of piperidine rings is 1. The summed E-state index contributed by atoms with van der Waals surface area (Å²) in [4.78, 5) is 32.1. The Kier molecular flexibility index (Phi) is 4.43. The molecule has 0 aliphatic carbocycles. The van der Waals surface area contributed by atoms with E-state index in [1.54, 1.807) is 28.4 Å². The van der Waals surface area contributed by atoms with Crippen molar-refractivity contribution in [3.05, 3.63) is 75.1 Å². The minimum Gasteiger partial charge on any atom is -0.451 e. The summed E-state index contributed by atoms with van der Waals surface area (Å²) in [5.74, 6) is 0.0895. The highest BCUT2D eigenvalue weighted by Crippen LogP contribution is 2.33. The van der Waals surface area contributed by atoms with E-state index in [-0.39, 0.29) is 23.0 Å². The molecule has 1 atom stereocenters. The molecule has 5 nitrogen and oxygen atoms in total. The van der Waals surface area contributed by atoms with Gasteiger partial charge in [0.05, 0.1) is 20.6 Å². The van der Waals surface area contributed by atoms with Crippen molar-refractivity contribution in [2.45, 2.75) is 25.7 Å². The number of para-hydroxylation sites is 1. The van der Waals surface area contributed by atoms with Crippen LogP contribution in [0.2, 0.25) is 0 Å². The van der Waals surface area contributed by atoms with Gasteiger partial charge in [-0.2, -0.15) is 0 Å². The van der Waals surface area contributed by atoms with E-state index < -0.39 is 0 Å². The molecule has 1 fully saturated rings. The highest BCUT2D eigenvalue weighted by molar-refractivity contribution is 7.18. The first-order valence-electron chi connectivity index (χ1n) is 9.78. The third kappa shape index (κ3) is 3.34. The Morgan fingerprint density at radius 1 is 1.21 bits per heavy atom. The van der Waals surface area contributed by atoms with Gasteiger partial charge in [0.25, 0.3) is 5.91 Å². The molecule has 0 spiro atoms. The molecule has 1 aliphatic rings. The zero-order chi connectivity index (χ0) is 20.0. The van der Waals surface area contributed by atoms with Crippen LogP contribution < -0.4 is 5.43 Å². The molecule has 6 heteroatoms. The number of aromatic nitrogens is 1. The topological polar surface area (TPSA) is 63.4 Å². The minimum absolute atomic E-state index is 0.108. The Labute approximate surface area is 171 Å². The minimum atomic E-state index is -0.226. The van der Waals surface area contributed by atoms with Crippen LogP contribution >= 0.6 is 11.3 Å². The number of thiazole rings is 1. The number of hydrogen-bond donors (Lipinski definition) is 0. The average Bonchev–Trinajstić information content (AvgIpc) is 3.18. The fourth-order valence-electron chi connectivity index (χ4n) is 3.96. The molecule has 29 heavy (non-hydrogen) atoms. The van der Waals surface area contributed by atoms with Gasteiger partial charge in [0.2, 0.25) is 0 Å². The van der Waals surface area contributed by atoms with Gasteiger partial charge in [-0.05, 0) is 44.0 Å². The second-order valence-electron chi connectivity index (χ2n) is 7.58. The molecule has 4 aromatic rings. The Bertz CT molecular complexity index is 1260. The lowest BCUT2D eigenvalue weighted by Gasteiger charge is -2.31. The largest absolute Gasteiger partial charge is 0.451 e. The van der Waals surface area contributed by atoms with Crippen molar-refractivity contribution in [3.63, 3.8) is 0 Å². The van der Waals surface area contributed by atoms with Crippen molar-refractivity contribution in [1.82, 2.24) is 9.88 Å². The summed E-state index contributed by atoms with van der Waals surface area (Å²) in [5.41, 5.74) is 2.26. The SMILES string of the molecule is Cc1ccc2oc(C(=O)N3CCC[C@@H](c4nc5ccccc5s4)C3)cc(=O)c2c1. The van der Waals surface area contributed by atoms with E-state index in [1.165, 1.54) is 10.8 Å². The number of carbonyl (C=O) groups excluding carboxylic acids is 1. The van der Waals surface area contributed by atoms with Crippen LogP contribution in [0.4, 0.5) is 0 Å². The summed E-state index contributed by atoms with van der Waals surface area (Å²) < 4.78 is 6.97. The van der Waals surface area contributed by atoms with E-state index in [1.807, 2.05) is 31.2 Å². The van der Waals surface area contributed by atoms with E-state index >= 15 is 0 Å². The maximum Gasteiger partial charge on any atom is 0.289 e. The maximum atomic E-state index is 13.1. The normalized spacial score (nSPS) is 17.1. The Morgan fingerprint density at radius 3 is 2.93 bits per heavy atom. The lowest BCUT2D eigenvalue weighted by molar-refractivity contribution is 0.0675. The van der Waals surface area contributed by atoms with Gasteiger partial charge >= 0.3 is 0 Å². The first-order chi connectivity index (χ1) is 14.1. The molecule has 5 rings (SSSR count). The molecule has 3 heterocycles. The lowest BCUT2D eigenvalue weighted by Crippen LogP contribution is -2.39. The van der Waals surface area contributed by atoms with Crippen LogP contribution in [0.1, 0.15) is 39.9 Å². The fourth-order valence-corrected chi connectivity index (χ4v) is 5.05. The highest BCUT2D eigenvalue weighted by atomic mass is 32.1. The molecule has 1 amide bonds. The summed E-state index contributed by atoms with van der Waals surface area (Å²) in [6.07, 6.45) is 1.91. The van der Waals surface area contributed by atoms with Crippen LogP contribution in [0.3, 0.4) is 0 Å². The average molecular weight is 404 g/mol. The number of nitrogens with zero attached hydrogens (tertiary/aromatic N) is 2. The second-order valence-corrected chi connectivity index (χ2v) is 8.65. The quantitative estimate of drug-likeness (QED) is 0.484. The third-order valence-electron chi connectivity index (χ3n) is 5.46. The molecule has 2 aromatic heterocycles. The van der Waals surface area contributed by atoms with Crippen molar-refractivity contribution in [2.24, 2.45) is 0 Å². The molecule has 146 valence electrons. The number of fused-ring (bicyclic) bond motifs is 2. The second kappa shape index (κ2) is 7.12. The van der Waals surface area contributed by atoms with E-state index in [2.05, 4.69) is 6.07 Å². The zero-order valence-corrected chi connectivity index (χ0v) is 16.9. The number of likely N-dealkylation sites (tertiary alicyclic amines) is 1. The fraction of sp³-hybridized carbons (Fsp3) is 0.261. The summed E-state index contributed by atoms with van der Waals surface area (Å²) in [5, 5.41) is 1.58. The summed E-state index contributed by atoms with van der Waals surface area (Å²) in [7, 11) is 0. The number of rotatable bonds is 2. The van der Waals surface area contributed by atoms with E-state index in [4.69, 9.17) is 9.40 Å². The molecule has 0 unspecified atom stereocenters. The molecule has 0 N–H and O–H groups in total. The van der Waals surface area contributed by atoms with Crippen LogP contribution in [0, 0.1) is 6.92 Å². The first-order valence-corrected chi connectivity index (χ1v) is 10.6. The summed E-state index contributed by atoms with van der Waals surface area (Å²) in [6.45, 7) is 3.18. The van der Waals surface area contributed by atoms with E-state index in [0.717, 1.165) is 28.9 Å². The highest BCUT2D eigenvalue weighted by Gasteiger charge is 2.29. The zero-order valence-electron chi connectivity index (χ0n) is 16.1. The van der Waals surface area contributed by atoms with Gasteiger partial charge in [0.1, 0.15) is 5.58 Å². The molecule has 1 saturated heterocycles. The van der Waals surface area contributed by atoms with Crippen molar-refractivity contribution >= 4 is 38.4 Å². The monoisotopic (exact) mass is 404 g/mol. The van der Waals surface area contributed by atoms with Gasteiger partial charge < -0.3 is 9.32 Å². The lowest BCUT2D eigenvalue weighted by atomic mass is 9.98. The number of carbonyl (C=O) groups is 1.